The number of nitrogens with zero attached hydrogens (tertiary/aromatic N) is 2. The first-order chi connectivity index (χ1) is 7.15. The van der Waals surface area contributed by atoms with Gasteiger partial charge in [0.15, 0.2) is 0 Å². The predicted molar refractivity (Wildman–Crippen MR) is 55.6 cm³/mol. The minimum atomic E-state index is -0.808. The number of nitrogens with one attached hydrogen (secondary N) is 1. The number of primary amides is 1. The van der Waals surface area contributed by atoms with Gasteiger partial charge in [0.1, 0.15) is 23.2 Å². The molecular formula is C8H10N4O2S. The Labute approximate surface area is 90.8 Å². The van der Waals surface area contributed by atoms with E-state index in [0.29, 0.717) is 22.8 Å². The van der Waals surface area contributed by atoms with E-state index in [1.54, 1.807) is 6.92 Å². The molecule has 0 saturated carbocycles. The maximum atomic E-state index is 10.2. The average Bonchev–Trinajstić information content (AvgIpc) is 2.53. The Kier molecular flexibility index (Phi) is 3.88. The van der Waals surface area contributed by atoms with Gasteiger partial charge in [-0.25, -0.2) is 4.79 Å². The molecule has 15 heavy (non-hydrogen) atoms. The van der Waals surface area contributed by atoms with Gasteiger partial charge in [-0.15, -0.1) is 0 Å². The van der Waals surface area contributed by atoms with Crippen LogP contribution >= 0.6 is 11.5 Å². The first-order valence-electron chi connectivity index (χ1n) is 4.17. The van der Waals surface area contributed by atoms with Crippen LogP contribution in [-0.2, 0) is 4.74 Å². The molecule has 3 N–H and O–H groups in total. The molecule has 1 aromatic heterocycles. The summed E-state index contributed by atoms with van der Waals surface area (Å²) in [7, 11) is 0. The number of nitrogens with two attached hydrogens (primary N) is 1. The number of aromatic nitrogens is 1. The molecule has 7 heteroatoms. The summed E-state index contributed by atoms with van der Waals surface area (Å²) in [6, 6.07) is 2.05. The molecule has 1 rings (SSSR count). The smallest absolute Gasteiger partial charge is 0.404 e. The Morgan fingerprint density at radius 3 is 3.13 bits per heavy atom. The van der Waals surface area contributed by atoms with Crippen molar-refractivity contribution in [1.82, 2.24) is 4.37 Å². The summed E-state index contributed by atoms with van der Waals surface area (Å²) in [5, 5.41) is 12.4. The number of amides is 1. The van der Waals surface area contributed by atoms with Gasteiger partial charge >= 0.3 is 6.09 Å². The van der Waals surface area contributed by atoms with Gasteiger partial charge in [0.25, 0.3) is 0 Å². The lowest BCUT2D eigenvalue weighted by molar-refractivity contribution is 0.161. The lowest BCUT2D eigenvalue weighted by Crippen LogP contribution is -2.18. The van der Waals surface area contributed by atoms with Gasteiger partial charge in [0.05, 0.1) is 5.69 Å². The number of hydrogen-bond donors (Lipinski definition) is 2. The summed E-state index contributed by atoms with van der Waals surface area (Å²) in [5.41, 5.74) is 6.00. The fourth-order valence-electron chi connectivity index (χ4n) is 0.938. The van der Waals surface area contributed by atoms with Crippen molar-refractivity contribution in [3.63, 3.8) is 0 Å². The van der Waals surface area contributed by atoms with Crippen LogP contribution in [0.25, 0.3) is 0 Å². The Morgan fingerprint density at radius 1 is 1.80 bits per heavy atom. The van der Waals surface area contributed by atoms with E-state index in [9.17, 15) is 4.79 Å². The van der Waals surface area contributed by atoms with Crippen LogP contribution in [0.15, 0.2) is 0 Å². The van der Waals surface area contributed by atoms with E-state index in [1.165, 1.54) is 11.5 Å². The van der Waals surface area contributed by atoms with Gasteiger partial charge in [-0.3, -0.25) is 0 Å². The van der Waals surface area contributed by atoms with E-state index in [1.807, 2.05) is 6.07 Å². The van der Waals surface area contributed by atoms with Crippen LogP contribution in [0.2, 0.25) is 0 Å². The molecule has 0 aliphatic rings. The van der Waals surface area contributed by atoms with Gasteiger partial charge in [-0.05, 0) is 18.5 Å². The number of nitriles is 1. The minimum Gasteiger partial charge on any atom is -0.448 e. The van der Waals surface area contributed by atoms with Gasteiger partial charge < -0.3 is 15.8 Å². The number of rotatable bonds is 4. The summed E-state index contributed by atoms with van der Waals surface area (Å²) in [4.78, 5) is 10.2. The van der Waals surface area contributed by atoms with E-state index in [4.69, 9.17) is 11.0 Å². The third kappa shape index (κ3) is 3.11. The van der Waals surface area contributed by atoms with E-state index < -0.39 is 6.09 Å². The number of anilines is 1. The molecule has 0 aromatic carbocycles. The second kappa shape index (κ2) is 5.17. The summed E-state index contributed by atoms with van der Waals surface area (Å²) in [6.07, 6.45) is -0.808. The lowest BCUT2D eigenvalue weighted by Gasteiger charge is -2.03. The fraction of sp³-hybridized carbons (Fsp3) is 0.375. The SMILES string of the molecule is Cc1nsc(NCCOC(N)=O)c1C#N. The number of carbonyl (C=O) groups excluding carboxylic acids is 1. The van der Waals surface area contributed by atoms with E-state index in [2.05, 4.69) is 14.4 Å². The number of hydrogen-bond acceptors (Lipinski definition) is 6. The van der Waals surface area contributed by atoms with Crippen LogP contribution in [0.3, 0.4) is 0 Å². The molecule has 0 fully saturated rings. The highest BCUT2D eigenvalue weighted by Crippen LogP contribution is 2.22. The molecule has 0 spiro atoms. The van der Waals surface area contributed by atoms with Crippen LogP contribution in [0.5, 0.6) is 0 Å². The maximum Gasteiger partial charge on any atom is 0.404 e. The topological polar surface area (TPSA) is 101 Å². The number of carbonyl (C=O) groups is 1. The molecule has 0 atom stereocenters. The van der Waals surface area contributed by atoms with Gasteiger partial charge in [-0.2, -0.15) is 9.64 Å². The molecular weight excluding hydrogens is 216 g/mol. The molecule has 0 radical (unpaired) electrons. The quantitative estimate of drug-likeness (QED) is 0.740. The first kappa shape index (κ1) is 11.3. The second-order valence-corrected chi connectivity index (χ2v) is 3.45. The summed E-state index contributed by atoms with van der Waals surface area (Å²) >= 11 is 1.20. The standard InChI is InChI=1S/C8H10N4O2S/c1-5-6(4-9)7(15-12-5)11-2-3-14-8(10)13/h11H,2-3H2,1H3,(H2,10,13). The number of ether oxygens (including phenoxy) is 1. The summed E-state index contributed by atoms with van der Waals surface area (Å²) in [6.45, 7) is 2.33. The number of aryl methyl sites for hydroxylation is 1. The van der Waals surface area contributed by atoms with Gasteiger partial charge in [0, 0.05) is 6.54 Å². The average molecular weight is 226 g/mol. The van der Waals surface area contributed by atoms with Gasteiger partial charge in [-0.1, -0.05) is 0 Å². The predicted octanol–water partition coefficient (Wildman–Crippen LogP) is 0.830. The van der Waals surface area contributed by atoms with Crippen molar-refractivity contribution < 1.29 is 9.53 Å². The van der Waals surface area contributed by atoms with Crippen LogP contribution in [0, 0.1) is 18.3 Å². The zero-order valence-corrected chi connectivity index (χ0v) is 8.93. The molecule has 0 unspecified atom stereocenters. The fourth-order valence-corrected chi connectivity index (χ4v) is 1.71. The van der Waals surface area contributed by atoms with E-state index >= 15 is 0 Å². The molecule has 80 valence electrons. The molecule has 0 saturated heterocycles. The molecule has 0 aliphatic heterocycles. The van der Waals surface area contributed by atoms with Crippen molar-refractivity contribution in [2.75, 3.05) is 18.5 Å². The van der Waals surface area contributed by atoms with Crippen molar-refractivity contribution in [3.05, 3.63) is 11.3 Å². The van der Waals surface area contributed by atoms with E-state index in [0.717, 1.165) is 0 Å². The molecule has 6 nitrogen and oxygen atoms in total. The molecule has 0 aliphatic carbocycles. The Bertz CT molecular complexity index is 396. The van der Waals surface area contributed by atoms with Crippen LogP contribution in [0.4, 0.5) is 9.80 Å². The third-order valence-electron chi connectivity index (χ3n) is 1.61. The van der Waals surface area contributed by atoms with Crippen molar-refractivity contribution in [3.8, 4) is 6.07 Å². The van der Waals surface area contributed by atoms with Crippen molar-refractivity contribution in [2.45, 2.75) is 6.92 Å². The first-order valence-corrected chi connectivity index (χ1v) is 4.95. The van der Waals surface area contributed by atoms with E-state index in [-0.39, 0.29) is 6.61 Å². The van der Waals surface area contributed by atoms with Crippen molar-refractivity contribution in [2.24, 2.45) is 5.73 Å². The maximum absolute atomic E-state index is 10.2. The van der Waals surface area contributed by atoms with Crippen molar-refractivity contribution >= 4 is 22.6 Å². The van der Waals surface area contributed by atoms with Crippen LogP contribution < -0.4 is 11.1 Å². The third-order valence-corrected chi connectivity index (χ3v) is 2.50. The van der Waals surface area contributed by atoms with Crippen LogP contribution in [0.1, 0.15) is 11.3 Å². The lowest BCUT2D eigenvalue weighted by atomic mass is 10.3. The molecule has 1 amide bonds. The zero-order chi connectivity index (χ0) is 11.3. The van der Waals surface area contributed by atoms with Crippen LogP contribution in [-0.4, -0.2) is 23.6 Å². The molecule has 1 aromatic rings. The molecule has 0 bridgehead atoms. The Morgan fingerprint density at radius 2 is 2.53 bits per heavy atom. The van der Waals surface area contributed by atoms with Gasteiger partial charge in [0.2, 0.25) is 0 Å². The normalized spacial score (nSPS) is 9.33. The highest BCUT2D eigenvalue weighted by Gasteiger charge is 2.08. The Balaban J connectivity index is 2.45. The zero-order valence-electron chi connectivity index (χ0n) is 8.11. The highest BCUT2D eigenvalue weighted by atomic mass is 32.1. The monoisotopic (exact) mass is 226 g/mol. The van der Waals surface area contributed by atoms with Crippen molar-refractivity contribution in [1.29, 1.82) is 5.26 Å². The highest BCUT2D eigenvalue weighted by molar-refractivity contribution is 7.10. The second-order valence-electron chi connectivity index (χ2n) is 2.68. The summed E-state index contributed by atoms with van der Waals surface area (Å²) < 4.78 is 8.55. The summed E-state index contributed by atoms with van der Waals surface area (Å²) in [5.74, 6) is 0. The Hall–Kier alpha value is -1.81. The molecule has 1 heterocycles. The largest absolute Gasteiger partial charge is 0.448 e. The minimum absolute atomic E-state index is 0.164.